The summed E-state index contributed by atoms with van der Waals surface area (Å²) >= 11 is 5.70. The van der Waals surface area contributed by atoms with Crippen molar-refractivity contribution in [3.63, 3.8) is 0 Å². The summed E-state index contributed by atoms with van der Waals surface area (Å²) in [7, 11) is -3.45. The van der Waals surface area contributed by atoms with Gasteiger partial charge in [0.2, 0.25) is 10.0 Å². The molecular weight excluding hydrogens is 446 g/mol. The number of aromatic nitrogens is 1. The lowest BCUT2D eigenvalue weighted by Crippen LogP contribution is -2.48. The second kappa shape index (κ2) is 13.8. The van der Waals surface area contributed by atoms with Gasteiger partial charge in [0.25, 0.3) is 0 Å². The summed E-state index contributed by atoms with van der Waals surface area (Å²) in [6, 6.07) is 3.02. The molecule has 1 aromatic heterocycles. The van der Waals surface area contributed by atoms with E-state index in [2.05, 4.69) is 47.8 Å². The van der Waals surface area contributed by atoms with Gasteiger partial charge >= 0.3 is 0 Å². The second-order valence-electron chi connectivity index (χ2n) is 9.52. The van der Waals surface area contributed by atoms with Crippen molar-refractivity contribution in [1.29, 1.82) is 0 Å². The molecule has 2 fully saturated rings. The zero-order chi connectivity index (χ0) is 23.6. The SMILES string of the molecule is CC(C)CCN1CCN(S(=O)(=O)c2ccc(Cl)nc2)CC1.CC(C)CCN1CCNCC1. The van der Waals surface area contributed by atoms with Crippen molar-refractivity contribution in [3.8, 4) is 0 Å². The Labute approximate surface area is 200 Å². The molecule has 3 rings (SSSR count). The van der Waals surface area contributed by atoms with Gasteiger partial charge in [0.05, 0.1) is 0 Å². The topological polar surface area (TPSA) is 68.8 Å². The predicted octanol–water partition coefficient (Wildman–Crippen LogP) is 3.03. The van der Waals surface area contributed by atoms with E-state index in [9.17, 15) is 8.42 Å². The Morgan fingerprint density at radius 3 is 1.91 bits per heavy atom. The molecule has 9 heteroatoms. The Morgan fingerprint density at radius 2 is 1.44 bits per heavy atom. The minimum Gasteiger partial charge on any atom is -0.314 e. The summed E-state index contributed by atoms with van der Waals surface area (Å²) < 4.78 is 26.5. The first-order valence-corrected chi connectivity index (χ1v) is 13.8. The summed E-state index contributed by atoms with van der Waals surface area (Å²) in [6.45, 7) is 18.8. The van der Waals surface area contributed by atoms with Gasteiger partial charge in [0.15, 0.2) is 0 Å². The highest BCUT2D eigenvalue weighted by Gasteiger charge is 2.28. The molecule has 1 aromatic rings. The monoisotopic (exact) mass is 487 g/mol. The van der Waals surface area contributed by atoms with E-state index in [1.807, 2.05) is 0 Å². The number of hydrogen-bond donors (Lipinski definition) is 1. The number of halogens is 1. The molecule has 0 unspecified atom stereocenters. The van der Waals surface area contributed by atoms with Crippen molar-refractivity contribution in [3.05, 3.63) is 23.5 Å². The van der Waals surface area contributed by atoms with Gasteiger partial charge in [-0.3, -0.25) is 0 Å². The molecule has 0 bridgehead atoms. The van der Waals surface area contributed by atoms with E-state index in [0.29, 0.717) is 24.2 Å². The fourth-order valence-corrected chi connectivity index (χ4v) is 5.15. The summed E-state index contributed by atoms with van der Waals surface area (Å²) in [4.78, 5) is 8.94. The predicted molar refractivity (Wildman–Crippen MR) is 133 cm³/mol. The molecule has 0 spiro atoms. The van der Waals surface area contributed by atoms with E-state index >= 15 is 0 Å². The average molecular weight is 488 g/mol. The molecule has 3 heterocycles. The molecule has 0 aliphatic carbocycles. The van der Waals surface area contributed by atoms with Gasteiger partial charge < -0.3 is 15.1 Å². The summed E-state index contributed by atoms with van der Waals surface area (Å²) in [5.41, 5.74) is 0. The quantitative estimate of drug-likeness (QED) is 0.568. The molecule has 2 saturated heterocycles. The Morgan fingerprint density at radius 1 is 0.906 bits per heavy atom. The first-order valence-electron chi connectivity index (χ1n) is 12.0. The van der Waals surface area contributed by atoms with Crippen LogP contribution in [0.1, 0.15) is 40.5 Å². The van der Waals surface area contributed by atoms with Crippen LogP contribution >= 0.6 is 11.6 Å². The lowest BCUT2D eigenvalue weighted by Gasteiger charge is -2.34. The van der Waals surface area contributed by atoms with Crippen LogP contribution in [-0.2, 0) is 10.0 Å². The van der Waals surface area contributed by atoms with E-state index in [0.717, 1.165) is 32.0 Å². The molecule has 1 N–H and O–H groups in total. The Kier molecular flexibility index (Phi) is 11.9. The summed E-state index contributed by atoms with van der Waals surface area (Å²) in [5.74, 6) is 1.52. The van der Waals surface area contributed by atoms with Crippen LogP contribution in [0.25, 0.3) is 0 Å². The molecule has 0 amide bonds. The van der Waals surface area contributed by atoms with E-state index in [-0.39, 0.29) is 4.90 Å². The summed E-state index contributed by atoms with van der Waals surface area (Å²) in [6.07, 6.45) is 3.82. The number of rotatable bonds is 8. The van der Waals surface area contributed by atoms with E-state index in [1.54, 1.807) is 0 Å². The highest BCUT2D eigenvalue weighted by atomic mass is 35.5. The number of nitrogens with one attached hydrogen (secondary N) is 1. The molecule has 0 saturated carbocycles. The zero-order valence-corrected chi connectivity index (χ0v) is 21.8. The van der Waals surface area contributed by atoms with Gasteiger partial charge in [-0.25, -0.2) is 13.4 Å². The first kappa shape index (κ1) is 27.5. The molecule has 7 nitrogen and oxygen atoms in total. The van der Waals surface area contributed by atoms with Crippen LogP contribution in [-0.4, -0.2) is 93.0 Å². The third-order valence-electron chi connectivity index (χ3n) is 5.92. The Hall–Kier alpha value is -0.770. The smallest absolute Gasteiger partial charge is 0.244 e. The highest BCUT2D eigenvalue weighted by Crippen LogP contribution is 2.18. The third kappa shape index (κ3) is 9.61. The fraction of sp³-hybridized carbons (Fsp3) is 0.783. The van der Waals surface area contributed by atoms with Crippen LogP contribution in [0.5, 0.6) is 0 Å². The number of piperazine rings is 2. The first-order chi connectivity index (χ1) is 15.2. The van der Waals surface area contributed by atoms with Gasteiger partial charge in [-0.05, 0) is 49.9 Å². The van der Waals surface area contributed by atoms with E-state index < -0.39 is 10.0 Å². The maximum atomic E-state index is 12.5. The van der Waals surface area contributed by atoms with Crippen LogP contribution in [0.3, 0.4) is 0 Å². The minimum absolute atomic E-state index is 0.211. The Balaban J connectivity index is 0.000000278. The fourth-order valence-electron chi connectivity index (χ4n) is 3.67. The van der Waals surface area contributed by atoms with E-state index in [1.165, 1.54) is 61.8 Å². The molecule has 32 heavy (non-hydrogen) atoms. The molecule has 184 valence electrons. The number of sulfonamides is 1. The van der Waals surface area contributed by atoms with Crippen molar-refractivity contribution in [2.24, 2.45) is 11.8 Å². The van der Waals surface area contributed by atoms with Crippen LogP contribution in [0.4, 0.5) is 0 Å². The van der Waals surface area contributed by atoms with Crippen LogP contribution in [0, 0.1) is 11.8 Å². The number of pyridine rings is 1. The molecule has 2 aliphatic heterocycles. The molecule has 0 aromatic carbocycles. The normalized spacial score (nSPS) is 19.2. The average Bonchev–Trinajstić information content (AvgIpc) is 2.78. The van der Waals surface area contributed by atoms with Crippen molar-refractivity contribution in [2.45, 2.75) is 45.4 Å². The lowest BCUT2D eigenvalue weighted by atomic mass is 10.1. The maximum Gasteiger partial charge on any atom is 0.244 e. The van der Waals surface area contributed by atoms with Crippen molar-refractivity contribution in [2.75, 3.05) is 65.4 Å². The molecule has 0 radical (unpaired) electrons. The summed E-state index contributed by atoms with van der Waals surface area (Å²) in [5, 5.41) is 3.66. The maximum absolute atomic E-state index is 12.5. The minimum atomic E-state index is -3.45. The van der Waals surface area contributed by atoms with Gasteiger partial charge in [0, 0.05) is 58.6 Å². The van der Waals surface area contributed by atoms with Crippen LogP contribution in [0.2, 0.25) is 5.15 Å². The Bertz CT molecular complexity index is 744. The second-order valence-corrected chi connectivity index (χ2v) is 11.8. The number of hydrogen-bond acceptors (Lipinski definition) is 6. The van der Waals surface area contributed by atoms with E-state index in [4.69, 9.17) is 11.6 Å². The molecular formula is C23H42ClN5O2S. The van der Waals surface area contributed by atoms with Crippen molar-refractivity contribution in [1.82, 2.24) is 24.4 Å². The number of nitrogens with zero attached hydrogens (tertiary/aromatic N) is 4. The third-order valence-corrected chi connectivity index (χ3v) is 8.03. The lowest BCUT2D eigenvalue weighted by molar-refractivity contribution is 0.180. The highest BCUT2D eigenvalue weighted by molar-refractivity contribution is 7.89. The van der Waals surface area contributed by atoms with Crippen LogP contribution < -0.4 is 5.32 Å². The standard InChI is InChI=1S/C14H22ClN3O2S.C9H20N2/c1-12(2)5-6-17-7-9-18(10-8-17)21(19,20)13-3-4-14(15)16-11-13;1-9(2)3-6-11-7-4-10-5-8-11/h3-4,11-12H,5-10H2,1-2H3;9-10H,3-8H2,1-2H3. The zero-order valence-electron chi connectivity index (χ0n) is 20.3. The molecule has 2 aliphatic rings. The van der Waals surface area contributed by atoms with Gasteiger partial charge in [-0.1, -0.05) is 39.3 Å². The van der Waals surface area contributed by atoms with Gasteiger partial charge in [-0.15, -0.1) is 0 Å². The molecule has 0 atom stereocenters. The van der Waals surface area contributed by atoms with Gasteiger partial charge in [0.1, 0.15) is 10.0 Å². The van der Waals surface area contributed by atoms with Crippen LogP contribution in [0.15, 0.2) is 23.2 Å². The van der Waals surface area contributed by atoms with Crippen molar-refractivity contribution < 1.29 is 8.42 Å². The largest absolute Gasteiger partial charge is 0.314 e. The van der Waals surface area contributed by atoms with Crippen molar-refractivity contribution >= 4 is 21.6 Å². The van der Waals surface area contributed by atoms with Gasteiger partial charge in [-0.2, -0.15) is 4.31 Å².